The smallest absolute Gasteiger partial charge is 0.338 e. The molecule has 0 fully saturated rings. The van der Waals surface area contributed by atoms with Crippen LogP contribution in [0.4, 0.5) is 0 Å². The highest BCUT2D eigenvalue weighted by Gasteiger charge is 2.17. The molecular formula is C19H17ClN4O3. The van der Waals surface area contributed by atoms with Gasteiger partial charge in [-0.1, -0.05) is 29.8 Å². The van der Waals surface area contributed by atoms with E-state index in [1.165, 1.54) is 7.05 Å². The van der Waals surface area contributed by atoms with E-state index in [-0.39, 0.29) is 11.0 Å². The number of carbonyl (C=O) groups is 1. The summed E-state index contributed by atoms with van der Waals surface area (Å²) in [5.74, 6) is -0.350. The highest BCUT2D eigenvalue weighted by Crippen LogP contribution is 2.24. The second-order valence-electron chi connectivity index (χ2n) is 6.00. The van der Waals surface area contributed by atoms with Gasteiger partial charge < -0.3 is 9.30 Å². The Morgan fingerprint density at radius 1 is 1.30 bits per heavy atom. The van der Waals surface area contributed by atoms with E-state index in [2.05, 4.69) is 5.10 Å². The van der Waals surface area contributed by atoms with E-state index in [1.54, 1.807) is 35.0 Å². The highest BCUT2D eigenvalue weighted by molar-refractivity contribution is 6.35. The molecule has 0 spiro atoms. The Morgan fingerprint density at radius 3 is 2.74 bits per heavy atom. The van der Waals surface area contributed by atoms with Gasteiger partial charge in [0.05, 0.1) is 23.1 Å². The molecule has 0 aliphatic heterocycles. The third kappa shape index (κ3) is 3.86. The number of ether oxygens (including phenoxy) is 1. The van der Waals surface area contributed by atoms with Crippen LogP contribution in [0.3, 0.4) is 0 Å². The lowest BCUT2D eigenvalue weighted by Crippen LogP contribution is -2.20. The number of halogens is 1. The summed E-state index contributed by atoms with van der Waals surface area (Å²) in [6, 6.07) is 10.9. The molecule has 0 saturated heterocycles. The van der Waals surface area contributed by atoms with Gasteiger partial charge in [-0.3, -0.25) is 4.79 Å². The van der Waals surface area contributed by atoms with Gasteiger partial charge in [0.1, 0.15) is 11.1 Å². The van der Waals surface area contributed by atoms with Crippen molar-refractivity contribution in [2.45, 2.75) is 19.4 Å². The van der Waals surface area contributed by atoms with E-state index in [0.717, 1.165) is 4.68 Å². The summed E-state index contributed by atoms with van der Waals surface area (Å²) in [5.41, 5.74) is 0.884. The number of aromatic nitrogens is 3. The van der Waals surface area contributed by atoms with E-state index in [0.29, 0.717) is 48.2 Å². The van der Waals surface area contributed by atoms with Crippen molar-refractivity contribution in [3.8, 4) is 6.07 Å². The number of aryl methyl sites for hydroxylation is 2. The number of nitrogens with zero attached hydrogens (tertiary/aromatic N) is 4. The Balaban J connectivity index is 1.63. The van der Waals surface area contributed by atoms with Crippen LogP contribution >= 0.6 is 11.6 Å². The van der Waals surface area contributed by atoms with E-state index in [4.69, 9.17) is 16.3 Å². The normalized spacial score (nSPS) is 10.7. The first-order valence-corrected chi connectivity index (χ1v) is 8.78. The number of hydrogen-bond donors (Lipinski definition) is 0. The molecule has 0 bridgehead atoms. The second kappa shape index (κ2) is 8.06. The number of rotatable bonds is 6. The van der Waals surface area contributed by atoms with E-state index in [1.807, 2.05) is 12.1 Å². The van der Waals surface area contributed by atoms with Gasteiger partial charge in [0, 0.05) is 19.8 Å². The van der Waals surface area contributed by atoms with Gasteiger partial charge in [-0.25, -0.2) is 9.48 Å². The molecule has 0 aliphatic rings. The zero-order valence-corrected chi connectivity index (χ0v) is 15.4. The minimum absolute atomic E-state index is 0.00501. The summed E-state index contributed by atoms with van der Waals surface area (Å²) in [7, 11) is 1.51. The molecule has 0 saturated carbocycles. The van der Waals surface area contributed by atoms with Crippen molar-refractivity contribution in [2.24, 2.45) is 7.05 Å². The van der Waals surface area contributed by atoms with Crippen molar-refractivity contribution >= 4 is 28.6 Å². The molecule has 27 heavy (non-hydrogen) atoms. The zero-order valence-electron chi connectivity index (χ0n) is 14.7. The molecule has 0 atom stereocenters. The number of benzene rings is 1. The Hall–Kier alpha value is -3.11. The fourth-order valence-corrected chi connectivity index (χ4v) is 3.08. The average molecular weight is 385 g/mol. The van der Waals surface area contributed by atoms with Crippen LogP contribution in [0.2, 0.25) is 5.02 Å². The van der Waals surface area contributed by atoms with Crippen molar-refractivity contribution in [3.63, 3.8) is 0 Å². The quantitative estimate of drug-likeness (QED) is 0.481. The summed E-state index contributed by atoms with van der Waals surface area (Å²) in [6.07, 6.45) is 3.00. The molecule has 138 valence electrons. The molecule has 0 unspecified atom stereocenters. The van der Waals surface area contributed by atoms with Gasteiger partial charge >= 0.3 is 5.97 Å². The van der Waals surface area contributed by atoms with E-state index < -0.39 is 5.56 Å². The lowest BCUT2D eigenvalue weighted by Gasteiger charge is -2.07. The third-order valence-electron chi connectivity index (χ3n) is 4.15. The minimum Gasteiger partial charge on any atom is -0.462 e. The van der Waals surface area contributed by atoms with Gasteiger partial charge in [-0.05, 0) is 25.0 Å². The lowest BCUT2D eigenvalue weighted by molar-refractivity contribution is 0.0497. The molecule has 2 heterocycles. The topological polar surface area (TPSA) is 89.9 Å². The summed E-state index contributed by atoms with van der Waals surface area (Å²) in [4.78, 5) is 23.8. The largest absolute Gasteiger partial charge is 0.462 e. The lowest BCUT2D eigenvalue weighted by atomic mass is 10.2. The van der Waals surface area contributed by atoms with Crippen LogP contribution in [-0.2, 0) is 18.3 Å². The van der Waals surface area contributed by atoms with Crippen LogP contribution in [0.15, 0.2) is 41.3 Å². The monoisotopic (exact) mass is 384 g/mol. The molecule has 7 nitrogen and oxygen atoms in total. The number of fused-ring (bicyclic) bond motifs is 1. The van der Waals surface area contributed by atoms with Crippen molar-refractivity contribution in [1.29, 1.82) is 5.26 Å². The molecule has 2 aromatic heterocycles. The van der Waals surface area contributed by atoms with Crippen molar-refractivity contribution in [3.05, 3.63) is 63.0 Å². The minimum atomic E-state index is -0.439. The number of nitriles is 1. The molecule has 8 heteroatoms. The molecule has 3 aromatic rings. The number of carbonyl (C=O) groups excluding carboxylic acids is 1. The maximum Gasteiger partial charge on any atom is 0.338 e. The fourth-order valence-electron chi connectivity index (χ4n) is 2.77. The predicted molar refractivity (Wildman–Crippen MR) is 101 cm³/mol. The van der Waals surface area contributed by atoms with Crippen LogP contribution in [-0.4, -0.2) is 26.9 Å². The number of hydrogen-bond acceptors (Lipinski definition) is 5. The van der Waals surface area contributed by atoms with E-state index in [9.17, 15) is 14.9 Å². The number of unbranched alkanes of at least 4 members (excludes halogenated alkanes) is 1. The highest BCUT2D eigenvalue weighted by atomic mass is 35.5. The van der Waals surface area contributed by atoms with Crippen LogP contribution in [0, 0.1) is 11.3 Å². The van der Waals surface area contributed by atoms with Crippen molar-refractivity contribution in [1.82, 2.24) is 14.3 Å². The van der Waals surface area contributed by atoms with Crippen LogP contribution < -0.4 is 5.56 Å². The first-order chi connectivity index (χ1) is 13.0. The maximum atomic E-state index is 11.9. The Labute approximate surface area is 160 Å². The fraction of sp³-hybridized carbons (Fsp3) is 0.263. The van der Waals surface area contributed by atoms with Crippen LogP contribution in [0.5, 0.6) is 0 Å². The molecule has 0 aliphatic carbocycles. The standard InChI is InChI=1S/C19H17ClN4O3/c1-23-18(25)16(20)15-14(11-21)12-24(17(15)22-23)9-5-6-10-27-19(26)13-7-3-2-4-8-13/h2-4,7-8,12H,5-6,9-10H2,1H3. The van der Waals surface area contributed by atoms with Gasteiger partial charge in [0.15, 0.2) is 5.65 Å². The molecule has 0 N–H and O–H groups in total. The summed E-state index contributed by atoms with van der Waals surface area (Å²) < 4.78 is 8.20. The molecular weight excluding hydrogens is 368 g/mol. The van der Waals surface area contributed by atoms with Gasteiger partial charge in [-0.15, -0.1) is 0 Å². The first kappa shape index (κ1) is 18.7. The summed E-state index contributed by atoms with van der Waals surface area (Å²) in [5, 5.41) is 13.9. The molecule has 1 aromatic carbocycles. The predicted octanol–water partition coefficient (Wildman–Crippen LogP) is 2.90. The summed E-state index contributed by atoms with van der Waals surface area (Å²) in [6.45, 7) is 0.854. The van der Waals surface area contributed by atoms with Gasteiger partial charge in [0.2, 0.25) is 0 Å². The first-order valence-electron chi connectivity index (χ1n) is 8.41. The van der Waals surface area contributed by atoms with E-state index >= 15 is 0 Å². The Morgan fingerprint density at radius 2 is 2.04 bits per heavy atom. The van der Waals surface area contributed by atoms with Crippen molar-refractivity contribution < 1.29 is 9.53 Å². The third-order valence-corrected chi connectivity index (χ3v) is 4.50. The maximum absolute atomic E-state index is 11.9. The second-order valence-corrected chi connectivity index (χ2v) is 6.38. The number of esters is 1. The zero-order chi connectivity index (χ0) is 19.4. The van der Waals surface area contributed by atoms with Gasteiger partial charge in [-0.2, -0.15) is 10.4 Å². The van der Waals surface area contributed by atoms with Gasteiger partial charge in [0.25, 0.3) is 5.56 Å². The summed E-state index contributed by atoms with van der Waals surface area (Å²) >= 11 is 6.11. The molecule has 0 amide bonds. The van der Waals surface area contributed by atoms with Crippen LogP contribution in [0.1, 0.15) is 28.8 Å². The molecule has 0 radical (unpaired) electrons. The SMILES string of the molecule is Cn1nc2c(c(C#N)cn2CCCCOC(=O)c2ccccc2)c(Cl)c1=O. The van der Waals surface area contributed by atoms with Crippen LogP contribution in [0.25, 0.3) is 11.0 Å². The Kier molecular flexibility index (Phi) is 5.57. The van der Waals surface area contributed by atoms with Crippen molar-refractivity contribution in [2.75, 3.05) is 6.61 Å². The molecule has 3 rings (SSSR count). The average Bonchev–Trinajstić information content (AvgIpc) is 3.04. The Bertz CT molecular complexity index is 1080.